The summed E-state index contributed by atoms with van der Waals surface area (Å²) in [5, 5.41) is 0. The number of nitrogens with zero attached hydrogens (tertiary/aromatic N) is 2. The first-order chi connectivity index (χ1) is 12.3. The Kier molecular flexibility index (Phi) is 5.40. The lowest BCUT2D eigenvalue weighted by atomic mass is 9.71. The molecule has 1 saturated carbocycles. The molecule has 136 valence electrons. The molecule has 2 heterocycles. The first kappa shape index (κ1) is 17.1. The van der Waals surface area contributed by atoms with Crippen LogP contribution in [0.4, 0.5) is 0 Å². The van der Waals surface area contributed by atoms with E-state index in [1.807, 2.05) is 0 Å². The van der Waals surface area contributed by atoms with Crippen molar-refractivity contribution in [2.45, 2.75) is 64.0 Å². The van der Waals surface area contributed by atoms with Crippen molar-refractivity contribution in [1.29, 1.82) is 0 Å². The second-order valence-electron chi connectivity index (χ2n) is 8.34. The van der Waals surface area contributed by atoms with Crippen molar-refractivity contribution in [2.75, 3.05) is 19.6 Å². The maximum atomic E-state index is 12.3. The van der Waals surface area contributed by atoms with Crippen molar-refractivity contribution < 1.29 is 4.79 Å². The Hall–Kier alpha value is -1.35. The van der Waals surface area contributed by atoms with Gasteiger partial charge in [0.05, 0.1) is 0 Å². The number of carbonyl (C=O) groups is 1. The number of piperidine rings is 2. The molecule has 0 spiro atoms. The van der Waals surface area contributed by atoms with Crippen LogP contribution in [-0.4, -0.2) is 41.4 Å². The SMILES string of the molecule is O=C1CCCCN1C[C@@H]1CCC[C@H]2CCCN(Cc3ccccc3)[C@H]21. The molecule has 1 aromatic carbocycles. The largest absolute Gasteiger partial charge is 0.342 e. The van der Waals surface area contributed by atoms with Crippen LogP contribution < -0.4 is 0 Å². The second-order valence-corrected chi connectivity index (χ2v) is 8.34. The Morgan fingerprint density at radius 3 is 2.60 bits per heavy atom. The molecule has 4 rings (SSSR count). The third kappa shape index (κ3) is 3.92. The average molecular weight is 341 g/mol. The quantitative estimate of drug-likeness (QED) is 0.824. The molecule has 3 nitrogen and oxygen atoms in total. The molecule has 2 aliphatic heterocycles. The molecule has 0 bridgehead atoms. The van der Waals surface area contributed by atoms with E-state index in [-0.39, 0.29) is 0 Å². The van der Waals surface area contributed by atoms with E-state index in [4.69, 9.17) is 0 Å². The summed E-state index contributed by atoms with van der Waals surface area (Å²) in [6.07, 6.45) is 9.83. The third-order valence-electron chi connectivity index (χ3n) is 6.66. The lowest BCUT2D eigenvalue weighted by Gasteiger charge is -2.49. The number of likely N-dealkylation sites (tertiary alicyclic amines) is 2. The van der Waals surface area contributed by atoms with Gasteiger partial charge in [0.15, 0.2) is 0 Å². The highest BCUT2D eigenvalue weighted by atomic mass is 16.2. The summed E-state index contributed by atoms with van der Waals surface area (Å²) in [5.41, 5.74) is 1.43. The van der Waals surface area contributed by atoms with E-state index in [0.717, 1.165) is 38.4 Å². The van der Waals surface area contributed by atoms with E-state index >= 15 is 0 Å². The van der Waals surface area contributed by atoms with Crippen LogP contribution in [0.5, 0.6) is 0 Å². The summed E-state index contributed by atoms with van der Waals surface area (Å²) in [5.74, 6) is 1.92. The molecule has 2 saturated heterocycles. The van der Waals surface area contributed by atoms with Gasteiger partial charge in [-0.1, -0.05) is 36.8 Å². The number of hydrogen-bond donors (Lipinski definition) is 0. The van der Waals surface area contributed by atoms with E-state index in [1.165, 1.54) is 50.6 Å². The van der Waals surface area contributed by atoms with Crippen molar-refractivity contribution in [3.63, 3.8) is 0 Å². The number of rotatable bonds is 4. The van der Waals surface area contributed by atoms with Gasteiger partial charge in [-0.15, -0.1) is 0 Å². The smallest absolute Gasteiger partial charge is 0.222 e. The van der Waals surface area contributed by atoms with E-state index < -0.39 is 0 Å². The van der Waals surface area contributed by atoms with Gasteiger partial charge < -0.3 is 4.90 Å². The fourth-order valence-electron chi connectivity index (χ4n) is 5.53. The summed E-state index contributed by atoms with van der Waals surface area (Å²) in [4.78, 5) is 17.3. The predicted octanol–water partition coefficient (Wildman–Crippen LogP) is 4.08. The molecule has 3 aliphatic rings. The third-order valence-corrected chi connectivity index (χ3v) is 6.66. The van der Waals surface area contributed by atoms with Crippen LogP contribution in [0.2, 0.25) is 0 Å². The first-order valence-corrected chi connectivity index (χ1v) is 10.4. The Morgan fingerprint density at radius 2 is 1.76 bits per heavy atom. The highest BCUT2D eigenvalue weighted by Gasteiger charge is 2.40. The summed E-state index contributed by atoms with van der Waals surface area (Å²) in [7, 11) is 0. The zero-order chi connectivity index (χ0) is 17.1. The molecule has 1 aromatic rings. The van der Waals surface area contributed by atoms with Crippen LogP contribution in [0.25, 0.3) is 0 Å². The number of fused-ring (bicyclic) bond motifs is 1. The van der Waals surface area contributed by atoms with Crippen LogP contribution in [0.3, 0.4) is 0 Å². The monoisotopic (exact) mass is 340 g/mol. The Bertz CT molecular complexity index is 571. The van der Waals surface area contributed by atoms with Gasteiger partial charge in [-0.05, 0) is 62.5 Å². The fraction of sp³-hybridized carbons (Fsp3) is 0.682. The highest BCUT2D eigenvalue weighted by Crippen LogP contribution is 2.40. The van der Waals surface area contributed by atoms with Gasteiger partial charge >= 0.3 is 0 Å². The molecule has 3 fully saturated rings. The number of benzene rings is 1. The van der Waals surface area contributed by atoms with Crippen LogP contribution >= 0.6 is 0 Å². The van der Waals surface area contributed by atoms with E-state index in [1.54, 1.807) is 0 Å². The van der Waals surface area contributed by atoms with Crippen LogP contribution in [-0.2, 0) is 11.3 Å². The van der Waals surface area contributed by atoms with E-state index in [2.05, 4.69) is 40.1 Å². The van der Waals surface area contributed by atoms with Gasteiger partial charge in [-0.25, -0.2) is 0 Å². The molecule has 0 N–H and O–H groups in total. The Morgan fingerprint density at radius 1 is 0.920 bits per heavy atom. The Balaban J connectivity index is 1.49. The van der Waals surface area contributed by atoms with Gasteiger partial charge in [-0.3, -0.25) is 9.69 Å². The minimum Gasteiger partial charge on any atom is -0.342 e. The first-order valence-electron chi connectivity index (χ1n) is 10.4. The van der Waals surface area contributed by atoms with Gasteiger partial charge in [0.25, 0.3) is 0 Å². The van der Waals surface area contributed by atoms with Crippen molar-refractivity contribution in [1.82, 2.24) is 9.80 Å². The van der Waals surface area contributed by atoms with Crippen LogP contribution in [0.1, 0.15) is 56.9 Å². The summed E-state index contributed by atoms with van der Waals surface area (Å²) < 4.78 is 0. The highest BCUT2D eigenvalue weighted by molar-refractivity contribution is 5.76. The van der Waals surface area contributed by atoms with Crippen LogP contribution in [0, 0.1) is 11.8 Å². The number of carbonyl (C=O) groups excluding carboxylic acids is 1. The molecule has 1 amide bonds. The average Bonchev–Trinajstić information content (AvgIpc) is 2.65. The van der Waals surface area contributed by atoms with Crippen molar-refractivity contribution in [3.8, 4) is 0 Å². The maximum absolute atomic E-state index is 12.3. The normalized spacial score (nSPS) is 31.0. The number of hydrogen-bond acceptors (Lipinski definition) is 2. The molecular formula is C22H32N2O. The summed E-state index contributed by atoms with van der Waals surface area (Å²) in [6.45, 7) is 4.30. The predicted molar refractivity (Wildman–Crippen MR) is 101 cm³/mol. The molecule has 3 atom stereocenters. The van der Waals surface area contributed by atoms with Crippen molar-refractivity contribution >= 4 is 5.91 Å². The molecule has 25 heavy (non-hydrogen) atoms. The maximum Gasteiger partial charge on any atom is 0.222 e. The molecule has 0 unspecified atom stereocenters. The molecular weight excluding hydrogens is 308 g/mol. The summed E-state index contributed by atoms with van der Waals surface area (Å²) in [6, 6.07) is 11.6. The van der Waals surface area contributed by atoms with Crippen LogP contribution in [0.15, 0.2) is 30.3 Å². The van der Waals surface area contributed by atoms with Gasteiger partial charge in [0.1, 0.15) is 0 Å². The van der Waals surface area contributed by atoms with Gasteiger partial charge in [0.2, 0.25) is 5.91 Å². The standard InChI is InChI=1S/C22H32N2O/c25-21-13-4-5-14-23(21)17-20-11-6-10-19-12-7-15-24(22(19)20)16-18-8-2-1-3-9-18/h1-3,8-9,19-20,22H,4-7,10-17H2/t19-,20-,22+/m0/s1. The zero-order valence-electron chi connectivity index (χ0n) is 15.4. The molecule has 3 heteroatoms. The van der Waals surface area contributed by atoms with Crippen molar-refractivity contribution in [2.24, 2.45) is 11.8 Å². The van der Waals surface area contributed by atoms with Gasteiger partial charge in [0, 0.05) is 32.1 Å². The van der Waals surface area contributed by atoms with E-state index in [9.17, 15) is 4.79 Å². The van der Waals surface area contributed by atoms with Gasteiger partial charge in [-0.2, -0.15) is 0 Å². The molecule has 1 aliphatic carbocycles. The minimum atomic E-state index is 0.402. The van der Waals surface area contributed by atoms with E-state index in [0.29, 0.717) is 17.9 Å². The topological polar surface area (TPSA) is 23.6 Å². The second kappa shape index (κ2) is 7.90. The lowest BCUT2D eigenvalue weighted by molar-refractivity contribution is -0.135. The lowest BCUT2D eigenvalue weighted by Crippen LogP contribution is -2.54. The fourth-order valence-corrected chi connectivity index (χ4v) is 5.53. The molecule has 0 aromatic heterocycles. The summed E-state index contributed by atoms with van der Waals surface area (Å²) >= 11 is 0. The number of amides is 1. The Labute approximate surface area is 152 Å². The van der Waals surface area contributed by atoms with Crippen molar-refractivity contribution in [3.05, 3.63) is 35.9 Å². The minimum absolute atomic E-state index is 0.402. The zero-order valence-corrected chi connectivity index (χ0v) is 15.4. The molecule has 0 radical (unpaired) electrons.